The molecule has 0 bridgehead atoms. The molecule has 2 heterocycles. The van der Waals surface area contributed by atoms with Crippen LogP contribution in [-0.4, -0.2) is 31.8 Å². The zero-order valence-electron chi connectivity index (χ0n) is 14.5. The lowest BCUT2D eigenvalue weighted by molar-refractivity contribution is -0.114. The van der Waals surface area contributed by atoms with E-state index in [0.717, 1.165) is 0 Å². The fraction of sp³-hybridized carbons (Fsp3) is 0.0556. The molecule has 0 saturated heterocycles. The number of nitriles is 1. The molecule has 0 spiro atoms. The molecule has 0 saturated carbocycles. The van der Waals surface area contributed by atoms with Crippen LogP contribution in [0.1, 0.15) is 23.1 Å². The lowest BCUT2D eigenvalue weighted by atomic mass is 10.2. The SMILES string of the molecule is CC(=O)Nc1ccc(C(=O)Nc2nc(C#N)nc(-c3ccccn3)n2)c(Cl)c1. The van der Waals surface area contributed by atoms with E-state index in [2.05, 4.69) is 30.6 Å². The van der Waals surface area contributed by atoms with Gasteiger partial charge in [-0.1, -0.05) is 17.7 Å². The summed E-state index contributed by atoms with van der Waals surface area (Å²) in [6.07, 6.45) is 1.56. The molecule has 2 amide bonds. The highest BCUT2D eigenvalue weighted by Crippen LogP contribution is 2.22. The molecule has 2 aromatic heterocycles. The largest absolute Gasteiger partial charge is 0.326 e. The maximum absolute atomic E-state index is 12.5. The van der Waals surface area contributed by atoms with E-state index in [4.69, 9.17) is 16.9 Å². The van der Waals surface area contributed by atoms with Gasteiger partial charge in [0, 0.05) is 18.8 Å². The molecule has 1 aromatic carbocycles. The van der Waals surface area contributed by atoms with Gasteiger partial charge in [-0.15, -0.1) is 0 Å². The minimum absolute atomic E-state index is 0.112. The highest BCUT2D eigenvalue weighted by atomic mass is 35.5. The molecule has 0 radical (unpaired) electrons. The van der Waals surface area contributed by atoms with Crippen LogP contribution in [0.2, 0.25) is 5.02 Å². The first-order valence-electron chi connectivity index (χ1n) is 7.92. The van der Waals surface area contributed by atoms with Crippen molar-refractivity contribution in [2.75, 3.05) is 10.6 Å². The van der Waals surface area contributed by atoms with Gasteiger partial charge in [0.15, 0.2) is 5.82 Å². The molecular weight excluding hydrogens is 382 g/mol. The second-order valence-corrected chi connectivity index (χ2v) is 5.87. The van der Waals surface area contributed by atoms with E-state index in [1.54, 1.807) is 24.4 Å². The Kier molecular flexibility index (Phi) is 5.53. The predicted molar refractivity (Wildman–Crippen MR) is 101 cm³/mol. The molecule has 0 atom stereocenters. The maximum Gasteiger partial charge on any atom is 0.259 e. The number of carbonyl (C=O) groups is 2. The van der Waals surface area contributed by atoms with E-state index in [1.807, 2.05) is 6.07 Å². The number of halogens is 1. The second kappa shape index (κ2) is 8.20. The van der Waals surface area contributed by atoms with Gasteiger partial charge in [0.05, 0.1) is 10.6 Å². The van der Waals surface area contributed by atoms with Crippen LogP contribution < -0.4 is 10.6 Å². The Morgan fingerprint density at radius 3 is 2.57 bits per heavy atom. The Morgan fingerprint density at radius 2 is 1.93 bits per heavy atom. The number of aromatic nitrogens is 4. The van der Waals surface area contributed by atoms with Crippen LogP contribution in [-0.2, 0) is 4.79 Å². The summed E-state index contributed by atoms with van der Waals surface area (Å²) in [6.45, 7) is 1.36. The van der Waals surface area contributed by atoms with Crippen LogP contribution in [0.15, 0.2) is 42.6 Å². The monoisotopic (exact) mass is 393 g/mol. The van der Waals surface area contributed by atoms with Gasteiger partial charge in [0.2, 0.25) is 17.7 Å². The summed E-state index contributed by atoms with van der Waals surface area (Å²) in [5.41, 5.74) is 1.03. The highest BCUT2D eigenvalue weighted by Gasteiger charge is 2.15. The van der Waals surface area contributed by atoms with Crippen LogP contribution in [0.5, 0.6) is 0 Å². The number of nitrogens with zero attached hydrogens (tertiary/aromatic N) is 5. The number of nitrogens with one attached hydrogen (secondary N) is 2. The van der Waals surface area contributed by atoms with Crippen molar-refractivity contribution in [3.05, 3.63) is 59.0 Å². The van der Waals surface area contributed by atoms with Crippen molar-refractivity contribution >= 4 is 35.1 Å². The van der Waals surface area contributed by atoms with Crippen LogP contribution in [0.3, 0.4) is 0 Å². The number of benzene rings is 1. The second-order valence-electron chi connectivity index (χ2n) is 5.46. The summed E-state index contributed by atoms with van der Waals surface area (Å²) < 4.78 is 0. The van der Waals surface area contributed by atoms with E-state index in [1.165, 1.54) is 25.1 Å². The number of hydrogen-bond donors (Lipinski definition) is 2. The normalized spacial score (nSPS) is 10.0. The molecule has 10 heteroatoms. The van der Waals surface area contributed by atoms with Gasteiger partial charge in [0.1, 0.15) is 11.8 Å². The van der Waals surface area contributed by atoms with Gasteiger partial charge in [-0.2, -0.15) is 20.2 Å². The smallest absolute Gasteiger partial charge is 0.259 e. The van der Waals surface area contributed by atoms with E-state index in [-0.39, 0.29) is 34.1 Å². The van der Waals surface area contributed by atoms with Gasteiger partial charge < -0.3 is 5.32 Å². The summed E-state index contributed by atoms with van der Waals surface area (Å²) in [4.78, 5) is 39.8. The van der Waals surface area contributed by atoms with Gasteiger partial charge in [-0.25, -0.2) is 0 Å². The third-order valence-corrected chi connectivity index (χ3v) is 3.70. The molecule has 138 valence electrons. The topological polar surface area (TPSA) is 134 Å². The minimum Gasteiger partial charge on any atom is -0.326 e. The maximum atomic E-state index is 12.5. The zero-order chi connectivity index (χ0) is 20.1. The van der Waals surface area contributed by atoms with E-state index in [9.17, 15) is 9.59 Å². The van der Waals surface area contributed by atoms with Crippen molar-refractivity contribution < 1.29 is 9.59 Å². The first-order chi connectivity index (χ1) is 13.5. The number of pyridine rings is 1. The van der Waals surface area contributed by atoms with Gasteiger partial charge in [0.25, 0.3) is 5.91 Å². The quantitative estimate of drug-likeness (QED) is 0.695. The Hall–Kier alpha value is -3.90. The predicted octanol–water partition coefficient (Wildman–Crippen LogP) is 2.67. The molecule has 3 aromatic rings. The highest BCUT2D eigenvalue weighted by molar-refractivity contribution is 6.34. The van der Waals surface area contributed by atoms with Crippen molar-refractivity contribution in [3.8, 4) is 17.6 Å². The first kappa shape index (κ1) is 18.9. The average Bonchev–Trinajstić information content (AvgIpc) is 2.68. The fourth-order valence-electron chi connectivity index (χ4n) is 2.24. The van der Waals surface area contributed by atoms with E-state index >= 15 is 0 Å². The standard InChI is InChI=1S/C18H12ClN7O2/c1-10(27)22-11-5-6-12(13(19)8-11)17(28)26-18-24-15(9-20)23-16(25-18)14-4-2-3-7-21-14/h2-8H,1H3,(H,22,27)(H,23,24,25,26,28). The van der Waals surface area contributed by atoms with Crippen LogP contribution in [0.4, 0.5) is 11.6 Å². The summed E-state index contributed by atoms with van der Waals surface area (Å²) in [5.74, 6) is -0.974. The van der Waals surface area contributed by atoms with Gasteiger partial charge in [-0.05, 0) is 30.3 Å². The van der Waals surface area contributed by atoms with Gasteiger partial charge >= 0.3 is 0 Å². The third-order valence-electron chi connectivity index (χ3n) is 3.39. The Morgan fingerprint density at radius 1 is 1.11 bits per heavy atom. The summed E-state index contributed by atoms with van der Waals surface area (Å²) >= 11 is 6.13. The number of carbonyl (C=O) groups excluding carboxylic acids is 2. The summed E-state index contributed by atoms with van der Waals surface area (Å²) in [5, 5.41) is 14.3. The lowest BCUT2D eigenvalue weighted by Crippen LogP contribution is -2.16. The number of hydrogen-bond acceptors (Lipinski definition) is 7. The fourth-order valence-corrected chi connectivity index (χ4v) is 2.51. The molecule has 0 unspecified atom stereocenters. The van der Waals surface area contributed by atoms with Crippen molar-refractivity contribution in [3.63, 3.8) is 0 Å². The molecule has 0 aliphatic carbocycles. The lowest BCUT2D eigenvalue weighted by Gasteiger charge is -2.09. The van der Waals surface area contributed by atoms with Crippen molar-refractivity contribution in [1.82, 2.24) is 19.9 Å². The summed E-state index contributed by atoms with van der Waals surface area (Å²) in [7, 11) is 0. The van der Waals surface area contributed by atoms with Crippen molar-refractivity contribution in [2.24, 2.45) is 0 Å². The van der Waals surface area contributed by atoms with Crippen molar-refractivity contribution in [1.29, 1.82) is 5.26 Å². The zero-order valence-corrected chi connectivity index (χ0v) is 15.2. The Bertz CT molecular complexity index is 1100. The third kappa shape index (κ3) is 4.44. The number of anilines is 2. The van der Waals surface area contributed by atoms with E-state index < -0.39 is 5.91 Å². The summed E-state index contributed by atoms with van der Waals surface area (Å²) in [6, 6.07) is 11.4. The Labute approximate surface area is 164 Å². The molecule has 0 fully saturated rings. The van der Waals surface area contributed by atoms with Gasteiger partial charge in [-0.3, -0.25) is 19.9 Å². The van der Waals surface area contributed by atoms with Crippen molar-refractivity contribution in [2.45, 2.75) is 6.92 Å². The molecule has 0 aliphatic heterocycles. The molecule has 0 aliphatic rings. The molecule has 9 nitrogen and oxygen atoms in total. The van der Waals surface area contributed by atoms with Crippen LogP contribution in [0.25, 0.3) is 11.5 Å². The molecule has 28 heavy (non-hydrogen) atoms. The van der Waals surface area contributed by atoms with Crippen LogP contribution >= 0.6 is 11.6 Å². The Balaban J connectivity index is 1.88. The first-order valence-corrected chi connectivity index (χ1v) is 8.30. The average molecular weight is 394 g/mol. The van der Waals surface area contributed by atoms with E-state index in [0.29, 0.717) is 11.4 Å². The minimum atomic E-state index is -0.582. The van der Waals surface area contributed by atoms with Crippen LogP contribution in [0, 0.1) is 11.3 Å². The molecule has 2 N–H and O–H groups in total. The number of amides is 2. The molecule has 3 rings (SSSR count). The number of rotatable bonds is 4. The molecular formula is C18H12ClN7O2.